The molecule has 1 aromatic carbocycles. The van der Waals surface area contributed by atoms with E-state index in [1.165, 1.54) is 7.11 Å². The number of ether oxygens (including phenoxy) is 1. The molecule has 6 heteroatoms. The number of anilines is 1. The fourth-order valence-corrected chi connectivity index (χ4v) is 1.65. The number of fused-ring (bicyclic) bond motifs is 1. The first-order valence-electron chi connectivity index (χ1n) is 4.77. The summed E-state index contributed by atoms with van der Waals surface area (Å²) in [7, 11) is 1.48. The van der Waals surface area contributed by atoms with E-state index >= 15 is 0 Å². The van der Waals surface area contributed by atoms with Gasteiger partial charge in [-0.2, -0.15) is 0 Å². The van der Waals surface area contributed by atoms with Crippen LogP contribution in [0, 0.1) is 0 Å². The van der Waals surface area contributed by atoms with Crippen LogP contribution in [0.25, 0.3) is 10.9 Å². The number of carboxylic acids is 1. The van der Waals surface area contributed by atoms with Gasteiger partial charge in [0.05, 0.1) is 18.2 Å². The Morgan fingerprint density at radius 3 is 2.76 bits per heavy atom. The van der Waals surface area contributed by atoms with Crippen molar-refractivity contribution >= 4 is 22.6 Å². The van der Waals surface area contributed by atoms with Gasteiger partial charge in [0, 0.05) is 11.5 Å². The van der Waals surface area contributed by atoms with Gasteiger partial charge < -0.3 is 20.6 Å². The van der Waals surface area contributed by atoms with Gasteiger partial charge in [-0.05, 0) is 12.1 Å². The number of pyridine rings is 1. The lowest BCUT2D eigenvalue weighted by molar-refractivity contribution is 0.0700. The van der Waals surface area contributed by atoms with Gasteiger partial charge in [0.1, 0.15) is 11.4 Å². The number of benzene rings is 1. The molecule has 1 heterocycles. The summed E-state index contributed by atoms with van der Waals surface area (Å²) in [5.74, 6) is -0.710. The molecule has 88 valence electrons. The molecule has 4 N–H and O–H groups in total. The van der Waals surface area contributed by atoms with Crippen molar-refractivity contribution < 1.29 is 14.6 Å². The SMILES string of the molecule is COc1ccc2c(C(=O)O)c(N)c(=O)[nH]c2c1. The minimum Gasteiger partial charge on any atom is -0.497 e. The van der Waals surface area contributed by atoms with E-state index in [4.69, 9.17) is 15.6 Å². The number of carboxylic acid groups (broad SMARTS) is 1. The van der Waals surface area contributed by atoms with E-state index in [0.29, 0.717) is 16.7 Å². The molecular weight excluding hydrogens is 224 g/mol. The van der Waals surface area contributed by atoms with Gasteiger partial charge >= 0.3 is 5.97 Å². The highest BCUT2D eigenvalue weighted by molar-refractivity contribution is 6.07. The third kappa shape index (κ3) is 1.69. The van der Waals surface area contributed by atoms with Gasteiger partial charge in [0.25, 0.3) is 5.56 Å². The van der Waals surface area contributed by atoms with Crippen molar-refractivity contribution in [1.29, 1.82) is 0 Å². The number of nitrogens with two attached hydrogens (primary N) is 1. The number of aromatic amines is 1. The maximum Gasteiger partial charge on any atom is 0.338 e. The topological polar surface area (TPSA) is 105 Å². The van der Waals surface area contributed by atoms with Gasteiger partial charge in [-0.15, -0.1) is 0 Å². The Bertz CT molecular complexity index is 660. The summed E-state index contributed by atoms with van der Waals surface area (Å²) in [5.41, 5.74) is 4.73. The molecule has 0 spiro atoms. The number of aromatic carboxylic acids is 1. The van der Waals surface area contributed by atoms with Gasteiger partial charge in [-0.1, -0.05) is 0 Å². The third-order valence-corrected chi connectivity index (χ3v) is 2.47. The number of carbonyl (C=O) groups is 1. The minimum absolute atomic E-state index is 0.189. The van der Waals surface area contributed by atoms with E-state index in [1.54, 1.807) is 18.2 Å². The van der Waals surface area contributed by atoms with E-state index < -0.39 is 11.5 Å². The lowest BCUT2D eigenvalue weighted by Gasteiger charge is -2.07. The Morgan fingerprint density at radius 2 is 2.18 bits per heavy atom. The standard InChI is InChI=1S/C11H10N2O4/c1-17-5-2-3-6-7(4-5)13-10(14)9(12)8(6)11(15)16/h2-4H,12H2,1H3,(H,13,14)(H,15,16). The van der Waals surface area contributed by atoms with E-state index in [0.717, 1.165) is 0 Å². The number of nitrogen functional groups attached to an aromatic ring is 1. The lowest BCUT2D eigenvalue weighted by Crippen LogP contribution is -2.17. The first kappa shape index (κ1) is 11.0. The van der Waals surface area contributed by atoms with Crippen LogP contribution < -0.4 is 16.0 Å². The van der Waals surface area contributed by atoms with Crippen molar-refractivity contribution in [3.63, 3.8) is 0 Å². The summed E-state index contributed by atoms with van der Waals surface area (Å²) in [6, 6.07) is 4.69. The molecule has 17 heavy (non-hydrogen) atoms. The monoisotopic (exact) mass is 234 g/mol. The fraction of sp³-hybridized carbons (Fsp3) is 0.0909. The molecule has 0 unspecified atom stereocenters. The molecule has 0 radical (unpaired) electrons. The number of aromatic nitrogens is 1. The second-order valence-corrected chi connectivity index (χ2v) is 3.46. The normalized spacial score (nSPS) is 10.4. The highest BCUT2D eigenvalue weighted by Gasteiger charge is 2.16. The Balaban J connectivity index is 2.91. The third-order valence-electron chi connectivity index (χ3n) is 2.47. The summed E-state index contributed by atoms with van der Waals surface area (Å²) in [5, 5.41) is 9.42. The molecule has 0 amide bonds. The predicted octanol–water partition coefficient (Wildman–Crippen LogP) is 0.817. The number of rotatable bonds is 2. The van der Waals surface area contributed by atoms with Crippen LogP contribution in [0.3, 0.4) is 0 Å². The number of nitrogens with one attached hydrogen (secondary N) is 1. The largest absolute Gasteiger partial charge is 0.497 e. The van der Waals surface area contributed by atoms with E-state index in [-0.39, 0.29) is 11.3 Å². The summed E-state index contributed by atoms with van der Waals surface area (Å²) in [6.45, 7) is 0. The predicted molar refractivity (Wildman–Crippen MR) is 62.5 cm³/mol. The highest BCUT2D eigenvalue weighted by atomic mass is 16.5. The van der Waals surface area contributed by atoms with Gasteiger partial charge in [-0.3, -0.25) is 4.79 Å². The molecule has 0 bridgehead atoms. The fourth-order valence-electron chi connectivity index (χ4n) is 1.65. The number of H-pyrrole nitrogens is 1. The maximum atomic E-state index is 11.5. The molecule has 0 saturated heterocycles. The van der Waals surface area contributed by atoms with Gasteiger partial charge in [0.15, 0.2) is 0 Å². The van der Waals surface area contributed by atoms with Crippen molar-refractivity contribution in [3.8, 4) is 5.75 Å². The zero-order valence-electron chi connectivity index (χ0n) is 8.98. The Kier molecular flexibility index (Phi) is 2.47. The van der Waals surface area contributed by atoms with Crippen LogP contribution in [0.2, 0.25) is 0 Å². The van der Waals surface area contributed by atoms with Crippen LogP contribution >= 0.6 is 0 Å². The van der Waals surface area contributed by atoms with Crippen LogP contribution in [-0.2, 0) is 0 Å². The van der Waals surface area contributed by atoms with E-state index in [1.807, 2.05) is 0 Å². The van der Waals surface area contributed by atoms with Gasteiger partial charge in [0.2, 0.25) is 0 Å². The van der Waals surface area contributed by atoms with Crippen LogP contribution in [-0.4, -0.2) is 23.2 Å². The van der Waals surface area contributed by atoms with Crippen LogP contribution in [0.5, 0.6) is 5.75 Å². The molecule has 0 atom stereocenters. The van der Waals surface area contributed by atoms with E-state index in [9.17, 15) is 9.59 Å². The zero-order valence-corrected chi connectivity index (χ0v) is 8.98. The quantitative estimate of drug-likeness (QED) is 0.713. The molecule has 2 aromatic rings. The van der Waals surface area contributed by atoms with E-state index in [2.05, 4.69) is 4.98 Å². The van der Waals surface area contributed by atoms with Gasteiger partial charge in [-0.25, -0.2) is 4.79 Å². The molecule has 0 aliphatic heterocycles. The van der Waals surface area contributed by atoms with Crippen LogP contribution in [0.4, 0.5) is 5.69 Å². The van der Waals surface area contributed by atoms with Crippen molar-refractivity contribution in [2.24, 2.45) is 0 Å². The highest BCUT2D eigenvalue weighted by Crippen LogP contribution is 2.23. The molecule has 0 fully saturated rings. The zero-order chi connectivity index (χ0) is 12.6. The average molecular weight is 234 g/mol. The number of hydrogen-bond acceptors (Lipinski definition) is 4. The first-order valence-corrected chi connectivity index (χ1v) is 4.77. The van der Waals surface area contributed by atoms with Crippen molar-refractivity contribution in [2.75, 3.05) is 12.8 Å². The summed E-state index contributed by atoms with van der Waals surface area (Å²) >= 11 is 0. The molecule has 6 nitrogen and oxygen atoms in total. The van der Waals surface area contributed by atoms with Crippen LogP contribution in [0.1, 0.15) is 10.4 Å². The molecule has 2 rings (SSSR count). The second-order valence-electron chi connectivity index (χ2n) is 3.46. The summed E-state index contributed by atoms with van der Waals surface area (Å²) < 4.78 is 4.99. The Morgan fingerprint density at radius 1 is 1.47 bits per heavy atom. The lowest BCUT2D eigenvalue weighted by atomic mass is 10.1. The van der Waals surface area contributed by atoms with Crippen molar-refractivity contribution in [3.05, 3.63) is 34.1 Å². The second kappa shape index (κ2) is 3.82. The molecule has 0 aliphatic rings. The van der Waals surface area contributed by atoms with Crippen LogP contribution in [0.15, 0.2) is 23.0 Å². The minimum atomic E-state index is -1.23. The molecule has 1 aromatic heterocycles. The molecule has 0 aliphatic carbocycles. The molecule has 0 saturated carbocycles. The number of hydrogen-bond donors (Lipinski definition) is 3. The summed E-state index contributed by atoms with van der Waals surface area (Å²) in [6.07, 6.45) is 0. The smallest absolute Gasteiger partial charge is 0.338 e. The Labute approximate surface area is 95.6 Å². The van der Waals surface area contributed by atoms with Crippen molar-refractivity contribution in [1.82, 2.24) is 4.98 Å². The number of methoxy groups -OCH3 is 1. The molecular formula is C11H10N2O4. The average Bonchev–Trinajstić information content (AvgIpc) is 2.29. The maximum absolute atomic E-state index is 11.5. The Hall–Kier alpha value is -2.50. The first-order chi connectivity index (χ1) is 8.04. The summed E-state index contributed by atoms with van der Waals surface area (Å²) in [4.78, 5) is 25.1. The van der Waals surface area contributed by atoms with Crippen molar-refractivity contribution in [2.45, 2.75) is 0 Å².